The summed E-state index contributed by atoms with van der Waals surface area (Å²) in [6.45, 7) is 3.96. The van der Waals surface area contributed by atoms with Crippen molar-refractivity contribution in [3.05, 3.63) is 107 Å². The Balaban J connectivity index is 1.38. The summed E-state index contributed by atoms with van der Waals surface area (Å²) in [6, 6.07) is 22.1. The highest BCUT2D eigenvalue weighted by Gasteiger charge is 2.12. The van der Waals surface area contributed by atoms with Crippen LogP contribution in [0.3, 0.4) is 0 Å². The van der Waals surface area contributed by atoms with Gasteiger partial charge in [-0.1, -0.05) is 59.8 Å². The van der Waals surface area contributed by atoms with E-state index in [1.165, 1.54) is 24.2 Å². The van der Waals surface area contributed by atoms with Gasteiger partial charge < -0.3 is 10.6 Å². The Labute approximate surface area is 214 Å². The maximum absolute atomic E-state index is 12.7. The SMILES string of the molecule is CC(=O)c1cccc(NC(=O)CSc2nccn2-c2cccc(C(=O)NCc3ccc(C)cc3)c2)c1. The highest BCUT2D eigenvalue weighted by Crippen LogP contribution is 2.22. The van der Waals surface area contributed by atoms with Crippen molar-refractivity contribution in [3.8, 4) is 5.69 Å². The smallest absolute Gasteiger partial charge is 0.251 e. The average Bonchev–Trinajstić information content (AvgIpc) is 3.36. The number of hydrogen-bond acceptors (Lipinski definition) is 5. The van der Waals surface area contributed by atoms with Crippen LogP contribution in [0.15, 0.2) is 90.3 Å². The molecule has 0 unspecified atom stereocenters. The van der Waals surface area contributed by atoms with Crippen LogP contribution in [0, 0.1) is 6.92 Å². The van der Waals surface area contributed by atoms with Crippen LogP contribution in [0.25, 0.3) is 5.69 Å². The molecule has 7 nitrogen and oxygen atoms in total. The molecule has 2 N–H and O–H groups in total. The van der Waals surface area contributed by atoms with Crippen molar-refractivity contribution in [1.29, 1.82) is 0 Å². The van der Waals surface area contributed by atoms with Crippen LogP contribution in [-0.2, 0) is 11.3 Å². The van der Waals surface area contributed by atoms with Crippen LogP contribution >= 0.6 is 11.8 Å². The van der Waals surface area contributed by atoms with Crippen LogP contribution in [0.1, 0.15) is 38.8 Å². The zero-order valence-electron chi connectivity index (χ0n) is 20.0. The number of aryl methyl sites for hydroxylation is 1. The molecule has 0 aliphatic rings. The van der Waals surface area contributed by atoms with E-state index in [0.717, 1.165) is 11.3 Å². The molecule has 8 heteroatoms. The minimum Gasteiger partial charge on any atom is -0.348 e. The third-order valence-corrected chi connectivity index (χ3v) is 6.42. The fourth-order valence-electron chi connectivity index (χ4n) is 3.52. The van der Waals surface area contributed by atoms with E-state index in [0.29, 0.717) is 28.5 Å². The number of nitrogens with zero attached hydrogens (tertiary/aromatic N) is 2. The number of ketones is 1. The monoisotopic (exact) mass is 498 g/mol. The van der Waals surface area contributed by atoms with E-state index >= 15 is 0 Å². The van der Waals surface area contributed by atoms with Gasteiger partial charge in [0.2, 0.25) is 5.91 Å². The number of anilines is 1. The number of rotatable bonds is 9. The second-order valence-electron chi connectivity index (χ2n) is 8.27. The predicted molar refractivity (Wildman–Crippen MR) is 142 cm³/mol. The molecule has 36 heavy (non-hydrogen) atoms. The Kier molecular flexibility index (Phi) is 7.97. The maximum Gasteiger partial charge on any atom is 0.251 e. The van der Waals surface area contributed by atoms with Gasteiger partial charge in [-0.3, -0.25) is 19.0 Å². The van der Waals surface area contributed by atoms with Gasteiger partial charge in [-0.05, 0) is 49.7 Å². The molecule has 0 bridgehead atoms. The summed E-state index contributed by atoms with van der Waals surface area (Å²) in [5.41, 5.74) is 4.62. The number of imidazole rings is 1. The van der Waals surface area contributed by atoms with Gasteiger partial charge in [0.25, 0.3) is 5.91 Å². The Morgan fingerprint density at radius 2 is 1.69 bits per heavy atom. The highest BCUT2D eigenvalue weighted by atomic mass is 32.2. The van der Waals surface area contributed by atoms with Crippen molar-refractivity contribution in [3.63, 3.8) is 0 Å². The van der Waals surface area contributed by atoms with E-state index in [9.17, 15) is 14.4 Å². The zero-order chi connectivity index (χ0) is 25.5. The van der Waals surface area contributed by atoms with E-state index in [2.05, 4.69) is 15.6 Å². The number of carbonyl (C=O) groups excluding carboxylic acids is 3. The lowest BCUT2D eigenvalue weighted by Crippen LogP contribution is -2.22. The molecule has 2 amide bonds. The Hall–Kier alpha value is -4.17. The molecular weight excluding hydrogens is 472 g/mol. The second-order valence-corrected chi connectivity index (χ2v) is 9.21. The molecule has 3 aromatic carbocycles. The van der Waals surface area contributed by atoms with E-state index in [1.54, 1.807) is 48.8 Å². The molecule has 0 saturated carbocycles. The maximum atomic E-state index is 12.7. The van der Waals surface area contributed by atoms with Crippen molar-refractivity contribution in [2.45, 2.75) is 25.5 Å². The van der Waals surface area contributed by atoms with Gasteiger partial charge in [0.15, 0.2) is 10.9 Å². The summed E-state index contributed by atoms with van der Waals surface area (Å²) in [4.78, 5) is 41.1. The van der Waals surface area contributed by atoms with Gasteiger partial charge in [-0.2, -0.15) is 0 Å². The summed E-state index contributed by atoms with van der Waals surface area (Å²) >= 11 is 1.28. The third-order valence-electron chi connectivity index (χ3n) is 5.45. The van der Waals surface area contributed by atoms with Crippen molar-refractivity contribution in [1.82, 2.24) is 14.9 Å². The number of carbonyl (C=O) groups is 3. The summed E-state index contributed by atoms with van der Waals surface area (Å²) in [6.07, 6.45) is 3.45. The molecule has 0 spiro atoms. The summed E-state index contributed by atoms with van der Waals surface area (Å²) in [7, 11) is 0. The van der Waals surface area contributed by atoms with E-state index in [4.69, 9.17) is 0 Å². The van der Waals surface area contributed by atoms with E-state index in [-0.39, 0.29) is 23.4 Å². The molecule has 0 radical (unpaired) electrons. The Bertz CT molecular complexity index is 1400. The zero-order valence-corrected chi connectivity index (χ0v) is 20.8. The molecule has 0 aliphatic heterocycles. The highest BCUT2D eigenvalue weighted by molar-refractivity contribution is 7.99. The van der Waals surface area contributed by atoms with Crippen LogP contribution in [0.5, 0.6) is 0 Å². The van der Waals surface area contributed by atoms with Crippen LogP contribution in [0.2, 0.25) is 0 Å². The lowest BCUT2D eigenvalue weighted by Gasteiger charge is -2.11. The normalized spacial score (nSPS) is 10.6. The van der Waals surface area contributed by atoms with Gasteiger partial charge in [0.05, 0.1) is 5.75 Å². The van der Waals surface area contributed by atoms with Crippen molar-refractivity contribution in [2.24, 2.45) is 0 Å². The average molecular weight is 499 g/mol. The van der Waals surface area contributed by atoms with Crippen molar-refractivity contribution < 1.29 is 14.4 Å². The van der Waals surface area contributed by atoms with E-state index < -0.39 is 0 Å². The molecule has 0 aliphatic carbocycles. The molecule has 182 valence electrons. The first-order chi connectivity index (χ1) is 17.4. The topological polar surface area (TPSA) is 93.1 Å². The summed E-state index contributed by atoms with van der Waals surface area (Å²) in [5, 5.41) is 6.39. The minimum atomic E-state index is -0.209. The fourth-order valence-corrected chi connectivity index (χ4v) is 4.30. The van der Waals surface area contributed by atoms with Gasteiger partial charge in [0.1, 0.15) is 0 Å². The van der Waals surface area contributed by atoms with Gasteiger partial charge in [0, 0.05) is 41.4 Å². The first kappa shape index (κ1) is 24.9. The number of benzene rings is 3. The van der Waals surface area contributed by atoms with Crippen molar-refractivity contribution in [2.75, 3.05) is 11.1 Å². The lowest BCUT2D eigenvalue weighted by molar-refractivity contribution is -0.113. The minimum absolute atomic E-state index is 0.0615. The van der Waals surface area contributed by atoms with Crippen LogP contribution in [-0.4, -0.2) is 32.9 Å². The molecule has 4 rings (SSSR count). The van der Waals surface area contributed by atoms with Gasteiger partial charge in [-0.15, -0.1) is 0 Å². The molecule has 1 heterocycles. The predicted octanol–water partition coefficient (Wildman–Crippen LogP) is 5.04. The lowest BCUT2D eigenvalue weighted by atomic mass is 10.1. The largest absolute Gasteiger partial charge is 0.348 e. The molecule has 0 atom stereocenters. The summed E-state index contributed by atoms with van der Waals surface area (Å²) < 4.78 is 1.84. The van der Waals surface area contributed by atoms with Gasteiger partial charge >= 0.3 is 0 Å². The standard InChI is InChI=1S/C28H26N4O3S/c1-19-9-11-21(12-10-19)17-30-27(35)23-6-4-8-25(16-23)32-14-13-29-28(32)36-18-26(34)31-24-7-3-5-22(15-24)20(2)33/h3-16H,17-18H2,1-2H3,(H,30,35)(H,31,34). The first-order valence-corrected chi connectivity index (χ1v) is 12.4. The fraction of sp³-hybridized carbons (Fsp3) is 0.143. The molecular formula is C28H26N4O3S. The van der Waals surface area contributed by atoms with Gasteiger partial charge in [-0.25, -0.2) is 4.98 Å². The number of hydrogen-bond donors (Lipinski definition) is 2. The number of nitrogens with one attached hydrogen (secondary N) is 2. The summed E-state index contributed by atoms with van der Waals surface area (Å²) in [5.74, 6) is -0.301. The molecule has 4 aromatic rings. The quantitative estimate of drug-likeness (QED) is 0.249. The van der Waals surface area contributed by atoms with Crippen LogP contribution in [0.4, 0.5) is 5.69 Å². The Morgan fingerprint density at radius 1 is 0.944 bits per heavy atom. The number of Topliss-reactive ketones (excluding diaryl/α,β-unsaturated/α-hetero) is 1. The first-order valence-electron chi connectivity index (χ1n) is 11.4. The molecule has 0 fully saturated rings. The van der Waals surface area contributed by atoms with E-state index in [1.807, 2.05) is 47.9 Å². The van der Waals surface area contributed by atoms with Crippen LogP contribution < -0.4 is 10.6 Å². The third kappa shape index (κ3) is 6.49. The second kappa shape index (κ2) is 11.5. The molecule has 0 saturated heterocycles. The number of amides is 2. The van der Waals surface area contributed by atoms with Crippen molar-refractivity contribution >= 4 is 35.0 Å². The Morgan fingerprint density at radius 3 is 2.47 bits per heavy atom. The number of thioether (sulfide) groups is 1. The molecule has 1 aromatic heterocycles. The number of aromatic nitrogens is 2.